The average molecular weight is 144 g/mol. The molecule has 0 saturated carbocycles. The molecule has 3 nitrogen and oxygen atoms in total. The van der Waals surface area contributed by atoms with Gasteiger partial charge >= 0.3 is 5.97 Å². The number of carbonyl (C=O) groups is 1. The van der Waals surface area contributed by atoms with E-state index in [0.29, 0.717) is 0 Å². The molecule has 0 amide bonds. The van der Waals surface area contributed by atoms with Crippen LogP contribution < -0.4 is 0 Å². The molecule has 0 saturated heterocycles. The Morgan fingerprint density at radius 1 is 1.70 bits per heavy atom. The number of rotatable bonds is 4. The molecule has 0 heterocycles. The molecule has 0 N–H and O–H groups in total. The van der Waals surface area contributed by atoms with Crippen LogP contribution in [0, 0.1) is 0 Å². The van der Waals surface area contributed by atoms with Gasteiger partial charge in [0.1, 0.15) is 0 Å². The lowest BCUT2D eigenvalue weighted by Crippen LogP contribution is -2.09. The van der Waals surface area contributed by atoms with Gasteiger partial charge in [0.2, 0.25) is 0 Å². The van der Waals surface area contributed by atoms with Gasteiger partial charge in [0.05, 0.1) is 6.10 Å². The molecule has 0 aromatic heterocycles. The summed E-state index contributed by atoms with van der Waals surface area (Å²) in [7, 11) is 0. The SMILES string of the molecule is C=CC(=O)OCOC(C)C. The Kier molecular flexibility index (Phi) is 4.58. The lowest BCUT2D eigenvalue weighted by Gasteiger charge is -2.05. The van der Waals surface area contributed by atoms with Gasteiger partial charge in [-0.2, -0.15) is 0 Å². The molecule has 3 heteroatoms. The molecule has 0 aromatic rings. The largest absolute Gasteiger partial charge is 0.435 e. The van der Waals surface area contributed by atoms with Crippen molar-refractivity contribution >= 4 is 5.97 Å². The first-order chi connectivity index (χ1) is 4.66. The number of esters is 1. The third-order valence-corrected chi connectivity index (χ3v) is 0.769. The van der Waals surface area contributed by atoms with Gasteiger partial charge in [-0.15, -0.1) is 0 Å². The maximum absolute atomic E-state index is 10.4. The third-order valence-electron chi connectivity index (χ3n) is 0.769. The van der Waals surface area contributed by atoms with Gasteiger partial charge in [0.25, 0.3) is 0 Å². The Bertz CT molecular complexity index is 118. The van der Waals surface area contributed by atoms with Gasteiger partial charge in [-0.1, -0.05) is 6.58 Å². The van der Waals surface area contributed by atoms with E-state index in [2.05, 4.69) is 11.3 Å². The molecule has 0 atom stereocenters. The highest BCUT2D eigenvalue weighted by Crippen LogP contribution is 1.88. The summed E-state index contributed by atoms with van der Waals surface area (Å²) in [6, 6.07) is 0. The van der Waals surface area contributed by atoms with Crippen molar-refractivity contribution in [1.82, 2.24) is 0 Å². The van der Waals surface area contributed by atoms with Crippen molar-refractivity contribution in [3.63, 3.8) is 0 Å². The van der Waals surface area contributed by atoms with E-state index < -0.39 is 5.97 Å². The predicted molar refractivity (Wildman–Crippen MR) is 37.4 cm³/mol. The number of hydrogen-bond acceptors (Lipinski definition) is 3. The zero-order valence-electron chi connectivity index (χ0n) is 6.29. The van der Waals surface area contributed by atoms with Crippen molar-refractivity contribution in [3.8, 4) is 0 Å². The van der Waals surface area contributed by atoms with Crippen LogP contribution in [0.1, 0.15) is 13.8 Å². The molecule has 0 radical (unpaired) electrons. The third kappa shape index (κ3) is 5.31. The van der Waals surface area contributed by atoms with Crippen molar-refractivity contribution < 1.29 is 14.3 Å². The minimum Gasteiger partial charge on any atom is -0.435 e. The average Bonchev–Trinajstić information content (AvgIpc) is 1.87. The summed E-state index contributed by atoms with van der Waals surface area (Å²) in [5, 5.41) is 0. The van der Waals surface area contributed by atoms with E-state index in [4.69, 9.17) is 4.74 Å². The molecular weight excluding hydrogens is 132 g/mol. The molecule has 0 aromatic carbocycles. The van der Waals surface area contributed by atoms with Crippen LogP contribution in [-0.4, -0.2) is 18.9 Å². The second-order valence-corrected chi connectivity index (χ2v) is 2.00. The van der Waals surface area contributed by atoms with Crippen LogP contribution in [0.25, 0.3) is 0 Å². The second kappa shape index (κ2) is 4.99. The zero-order valence-corrected chi connectivity index (χ0v) is 6.29. The van der Waals surface area contributed by atoms with Crippen molar-refractivity contribution in [2.24, 2.45) is 0 Å². The minimum absolute atomic E-state index is 0.00250. The van der Waals surface area contributed by atoms with E-state index in [1.807, 2.05) is 13.8 Å². The molecule has 0 aliphatic carbocycles. The smallest absolute Gasteiger partial charge is 0.332 e. The first-order valence-electron chi connectivity index (χ1n) is 3.07. The molecule has 0 bridgehead atoms. The topological polar surface area (TPSA) is 35.5 Å². The lowest BCUT2D eigenvalue weighted by molar-refractivity contribution is -0.153. The van der Waals surface area contributed by atoms with Crippen molar-refractivity contribution in [2.75, 3.05) is 6.79 Å². The van der Waals surface area contributed by atoms with Crippen molar-refractivity contribution in [1.29, 1.82) is 0 Å². The predicted octanol–water partition coefficient (Wildman–Crippen LogP) is 1.10. The number of ether oxygens (including phenoxy) is 2. The standard InChI is InChI=1S/C7H12O3/c1-4-7(8)10-5-9-6(2)3/h4,6H,1,5H2,2-3H3. The highest BCUT2D eigenvalue weighted by Gasteiger charge is 1.95. The zero-order chi connectivity index (χ0) is 7.98. The quantitative estimate of drug-likeness (QED) is 0.336. The van der Waals surface area contributed by atoms with E-state index in [1.54, 1.807) is 0 Å². The van der Waals surface area contributed by atoms with E-state index in [1.165, 1.54) is 0 Å². The highest BCUT2D eigenvalue weighted by atomic mass is 16.7. The van der Waals surface area contributed by atoms with Gasteiger partial charge < -0.3 is 9.47 Å². The molecule has 0 spiro atoms. The lowest BCUT2D eigenvalue weighted by atomic mass is 10.5. The van der Waals surface area contributed by atoms with E-state index >= 15 is 0 Å². The molecule has 0 fully saturated rings. The fourth-order valence-electron chi connectivity index (χ4n) is 0.287. The number of hydrogen-bond donors (Lipinski definition) is 0. The summed E-state index contributed by atoms with van der Waals surface area (Å²) < 4.78 is 9.45. The second-order valence-electron chi connectivity index (χ2n) is 2.00. The Hall–Kier alpha value is -0.830. The fraction of sp³-hybridized carbons (Fsp3) is 0.571. The van der Waals surface area contributed by atoms with Crippen LogP contribution in [0.4, 0.5) is 0 Å². The first-order valence-corrected chi connectivity index (χ1v) is 3.07. The van der Waals surface area contributed by atoms with Crippen LogP contribution in [0.3, 0.4) is 0 Å². The summed E-state index contributed by atoms with van der Waals surface area (Å²) >= 11 is 0. The molecule has 0 aliphatic heterocycles. The Balaban J connectivity index is 3.19. The highest BCUT2D eigenvalue weighted by molar-refractivity contribution is 5.81. The summed E-state index contributed by atoms with van der Waals surface area (Å²) in [5.41, 5.74) is 0. The minimum atomic E-state index is -0.458. The Morgan fingerprint density at radius 2 is 2.30 bits per heavy atom. The molecule has 0 aliphatic rings. The van der Waals surface area contributed by atoms with Crippen LogP contribution in [-0.2, 0) is 14.3 Å². The van der Waals surface area contributed by atoms with E-state index in [9.17, 15) is 4.79 Å². The summed E-state index contributed by atoms with van der Waals surface area (Å²) in [5.74, 6) is -0.458. The van der Waals surface area contributed by atoms with Gasteiger partial charge in [-0.25, -0.2) is 4.79 Å². The van der Waals surface area contributed by atoms with Crippen molar-refractivity contribution in [3.05, 3.63) is 12.7 Å². The normalized spacial score (nSPS) is 9.50. The maximum Gasteiger partial charge on any atom is 0.332 e. The summed E-state index contributed by atoms with van der Waals surface area (Å²) in [6.07, 6.45) is 1.18. The van der Waals surface area contributed by atoms with Crippen LogP contribution in [0.5, 0.6) is 0 Å². The van der Waals surface area contributed by atoms with E-state index in [0.717, 1.165) is 6.08 Å². The molecule has 10 heavy (non-hydrogen) atoms. The van der Waals surface area contributed by atoms with Crippen molar-refractivity contribution in [2.45, 2.75) is 20.0 Å². The van der Waals surface area contributed by atoms with Crippen LogP contribution in [0.2, 0.25) is 0 Å². The molecule has 0 unspecified atom stereocenters. The van der Waals surface area contributed by atoms with E-state index in [-0.39, 0.29) is 12.9 Å². The number of carbonyl (C=O) groups excluding carboxylic acids is 1. The van der Waals surface area contributed by atoms with Gasteiger partial charge in [-0.05, 0) is 13.8 Å². The van der Waals surface area contributed by atoms with Crippen LogP contribution in [0.15, 0.2) is 12.7 Å². The fourth-order valence-corrected chi connectivity index (χ4v) is 0.287. The van der Waals surface area contributed by atoms with Gasteiger partial charge in [0.15, 0.2) is 6.79 Å². The maximum atomic E-state index is 10.4. The molecule has 58 valence electrons. The Morgan fingerprint density at radius 3 is 2.70 bits per heavy atom. The molecule has 0 rings (SSSR count). The van der Waals surface area contributed by atoms with Gasteiger partial charge in [0, 0.05) is 6.08 Å². The summed E-state index contributed by atoms with van der Waals surface area (Å²) in [6.45, 7) is 6.96. The summed E-state index contributed by atoms with van der Waals surface area (Å²) in [4.78, 5) is 10.4. The molecular formula is C7H12O3. The van der Waals surface area contributed by atoms with Crippen LogP contribution >= 0.6 is 0 Å². The monoisotopic (exact) mass is 144 g/mol. The van der Waals surface area contributed by atoms with Gasteiger partial charge in [-0.3, -0.25) is 0 Å². The first kappa shape index (κ1) is 9.17. The Labute approximate surface area is 60.6 Å².